The summed E-state index contributed by atoms with van der Waals surface area (Å²) < 4.78 is 102. The minimum Gasteiger partial charge on any atom is -0.394 e. The summed E-state index contributed by atoms with van der Waals surface area (Å²) in [5.74, 6) is -3.11. The molecule has 52 heavy (non-hydrogen) atoms. The van der Waals surface area contributed by atoms with Crippen LogP contribution in [0, 0.1) is 0 Å². The van der Waals surface area contributed by atoms with E-state index in [0.29, 0.717) is 22.9 Å². The number of hydrogen-bond acceptors (Lipinski definition) is 11. The fraction of sp³-hybridized carbons (Fsp3) is 0.353. The molecule has 13 nitrogen and oxygen atoms in total. The molecule has 2 saturated heterocycles. The van der Waals surface area contributed by atoms with Gasteiger partial charge in [0, 0.05) is 0 Å². The first-order valence-electron chi connectivity index (χ1n) is 15.9. The van der Waals surface area contributed by atoms with Gasteiger partial charge in [-0.15, -0.1) is 0 Å². The lowest BCUT2D eigenvalue weighted by molar-refractivity contribution is -0.901. The molecule has 3 aliphatic rings. The van der Waals surface area contributed by atoms with Gasteiger partial charge in [0.25, 0.3) is 5.91 Å². The minimum absolute atomic E-state index is 0.382. The Morgan fingerprint density at radius 3 is 1.81 bits per heavy atom. The Balaban J connectivity index is 1.46. The maximum atomic E-state index is 15.1. The van der Waals surface area contributed by atoms with Crippen molar-refractivity contribution in [1.82, 2.24) is 5.32 Å². The number of aliphatic hydroxyl groups is 3. The predicted molar refractivity (Wildman–Crippen MR) is 169 cm³/mol. The number of halogens is 4. The zero-order chi connectivity index (χ0) is 37.5. The van der Waals surface area contributed by atoms with Gasteiger partial charge >= 0.3 is 21.7 Å². The maximum Gasteiger partial charge on any atom is 0.523 e. The van der Waals surface area contributed by atoms with Gasteiger partial charge in [-0.3, -0.25) is 8.98 Å². The van der Waals surface area contributed by atoms with E-state index in [9.17, 15) is 46.5 Å². The molecule has 0 saturated carbocycles. The minimum atomic E-state index is -6.32. The number of ether oxygens (including phenoxy) is 3. The van der Waals surface area contributed by atoms with E-state index in [1.807, 2.05) is 0 Å². The van der Waals surface area contributed by atoms with Crippen LogP contribution in [0.1, 0.15) is 23.1 Å². The van der Waals surface area contributed by atoms with Crippen LogP contribution in [0.5, 0.6) is 0 Å². The first kappa shape index (κ1) is 37.6. The highest BCUT2D eigenvalue weighted by molar-refractivity contribution is 7.87. The van der Waals surface area contributed by atoms with E-state index in [4.69, 9.17) is 14.2 Å². The van der Waals surface area contributed by atoms with Gasteiger partial charge in [-0.25, -0.2) is 10.1 Å². The number of alkyl halides is 3. The number of hydrogen-bond donors (Lipinski definition) is 4. The third kappa shape index (κ3) is 6.54. The number of carbonyl (C=O) groups is 2. The molecule has 0 aromatic heterocycles. The van der Waals surface area contributed by atoms with E-state index >= 15 is 4.39 Å². The molecule has 2 fully saturated rings. The summed E-state index contributed by atoms with van der Waals surface area (Å²) in [6, 6.07) is 24.7. The van der Waals surface area contributed by atoms with Gasteiger partial charge in [-0.1, -0.05) is 91.0 Å². The van der Waals surface area contributed by atoms with Gasteiger partial charge in [0.05, 0.1) is 19.6 Å². The highest BCUT2D eigenvalue weighted by atomic mass is 32.2. The van der Waals surface area contributed by atoms with Crippen LogP contribution in [0.4, 0.5) is 22.4 Å². The average molecular weight is 754 g/mol. The highest BCUT2D eigenvalue weighted by Gasteiger charge is 2.66. The van der Waals surface area contributed by atoms with Crippen molar-refractivity contribution in [2.45, 2.75) is 60.5 Å². The monoisotopic (exact) mass is 753 g/mol. The Kier molecular flexibility index (Phi) is 10.4. The molecule has 3 heterocycles. The Labute approximate surface area is 294 Å². The number of carbonyl (C=O) groups excluding carboxylic acids is 2. The van der Waals surface area contributed by atoms with Gasteiger partial charge in [0.15, 0.2) is 12.3 Å². The normalized spacial score (nSPS) is 29.9. The van der Waals surface area contributed by atoms with Gasteiger partial charge in [-0.2, -0.15) is 30.5 Å². The summed E-state index contributed by atoms with van der Waals surface area (Å²) in [7, 11) is -6.32. The first-order chi connectivity index (χ1) is 24.7. The van der Waals surface area contributed by atoms with E-state index in [0.717, 1.165) is 0 Å². The highest BCUT2D eigenvalue weighted by Crippen LogP contribution is 2.45. The molecule has 1 unspecified atom stereocenters. The van der Waals surface area contributed by atoms with Crippen molar-refractivity contribution >= 4 is 22.1 Å². The van der Waals surface area contributed by atoms with E-state index in [-0.39, 0.29) is 0 Å². The second kappa shape index (κ2) is 14.4. The zero-order valence-corrected chi connectivity index (χ0v) is 27.7. The Morgan fingerprint density at radius 2 is 1.35 bits per heavy atom. The fourth-order valence-electron chi connectivity index (χ4n) is 6.77. The number of rotatable bonds is 11. The first-order valence-corrected chi connectivity index (χ1v) is 17.3. The van der Waals surface area contributed by atoms with Crippen molar-refractivity contribution in [3.8, 4) is 0 Å². The molecule has 3 aromatic rings. The number of urea groups is 1. The molecule has 6 rings (SSSR count). The van der Waals surface area contributed by atoms with Gasteiger partial charge in [0.1, 0.15) is 30.0 Å². The summed E-state index contributed by atoms with van der Waals surface area (Å²) in [6.45, 7) is -1.60. The molecular formula is C34H33F4N2O11S+. The molecule has 4 N–H and O–H groups in total. The standard InChI is InChI=1S/C34H32F4N2O11S/c35-23-17-40(32(45)39-30(23)44,31-29(43)28(42)25(18-41)50-31)27-16-24(51-52(46,47)34(36,37)38)26(49-27)19-48-33(20-10-4-1-5-11-20,21-12-6-2-7-13-21)22-14-8-3-9-15-22/h1-15,17,24-29,31,41-43H,16,18-19H2/p+1/t24-,25+,26+,27-,28+,29+,31+,40?/m0/s1. The van der Waals surface area contributed by atoms with Gasteiger partial charge < -0.3 is 29.5 Å². The summed E-state index contributed by atoms with van der Waals surface area (Å²) >= 11 is 0. The SMILES string of the molecule is O=C1NC(=O)[N+]([C@@H]2C[C@H](OS(=O)(=O)C(F)(F)F)[C@@H](COC(c3ccccc3)(c3ccccc3)c3ccccc3)O2)([C@@H]2O[C@H](CO)[C@@H](O)[C@H]2O)C=C1F. The number of aliphatic hydroxyl groups excluding tert-OH is 3. The fourth-order valence-corrected chi connectivity index (χ4v) is 7.41. The molecule has 278 valence electrons. The lowest BCUT2D eigenvalue weighted by Crippen LogP contribution is -2.70. The summed E-state index contributed by atoms with van der Waals surface area (Å²) in [5.41, 5.74) is -5.74. The average Bonchev–Trinajstić information content (AvgIpc) is 3.66. The van der Waals surface area contributed by atoms with E-state index < -0.39 is 106 Å². The summed E-state index contributed by atoms with van der Waals surface area (Å²) in [5, 5.41) is 32.9. The lowest BCUT2D eigenvalue weighted by atomic mass is 9.80. The van der Waals surface area contributed by atoms with E-state index in [1.165, 1.54) is 0 Å². The van der Waals surface area contributed by atoms with Crippen LogP contribution in [0.2, 0.25) is 0 Å². The number of nitrogens with one attached hydrogen (secondary N) is 1. The molecule has 3 aromatic carbocycles. The number of imide groups is 1. The maximum absolute atomic E-state index is 15.1. The van der Waals surface area contributed by atoms with Crippen molar-refractivity contribution < 1.29 is 73.8 Å². The van der Waals surface area contributed by atoms with Crippen molar-refractivity contribution in [2.75, 3.05) is 13.2 Å². The second-order valence-electron chi connectivity index (χ2n) is 12.3. The molecule has 18 heteroatoms. The molecule has 3 aliphatic heterocycles. The van der Waals surface area contributed by atoms with Crippen LogP contribution >= 0.6 is 0 Å². The molecule has 3 amide bonds. The smallest absolute Gasteiger partial charge is 0.394 e. The van der Waals surface area contributed by atoms with E-state index in [2.05, 4.69) is 4.18 Å². The Bertz CT molecular complexity index is 1810. The van der Waals surface area contributed by atoms with Crippen LogP contribution < -0.4 is 5.32 Å². The van der Waals surface area contributed by atoms with Crippen LogP contribution in [-0.2, 0) is 38.9 Å². The number of benzene rings is 3. The summed E-state index contributed by atoms with van der Waals surface area (Å²) in [6.07, 6.45) is -13.7. The zero-order valence-electron chi connectivity index (χ0n) is 26.9. The largest absolute Gasteiger partial charge is 0.523 e. The Morgan fingerprint density at radius 1 is 0.827 bits per heavy atom. The molecule has 0 radical (unpaired) electrons. The third-order valence-electron chi connectivity index (χ3n) is 9.25. The van der Waals surface area contributed by atoms with Crippen molar-refractivity contribution in [3.05, 3.63) is 120 Å². The molecular weight excluding hydrogens is 720 g/mol. The molecule has 8 atom stereocenters. The summed E-state index contributed by atoms with van der Waals surface area (Å²) in [4.78, 5) is 25.8. The Hall–Kier alpha value is -4.11. The quantitative estimate of drug-likeness (QED) is 0.0745. The molecule has 0 bridgehead atoms. The topological polar surface area (TPSA) is 178 Å². The predicted octanol–water partition coefficient (Wildman–Crippen LogP) is 2.66. The van der Waals surface area contributed by atoms with Crippen LogP contribution in [0.3, 0.4) is 0 Å². The van der Waals surface area contributed by atoms with E-state index in [1.54, 1.807) is 96.3 Å². The third-order valence-corrected chi connectivity index (χ3v) is 10.3. The second-order valence-corrected chi connectivity index (χ2v) is 13.9. The number of quaternary nitrogens is 1. The van der Waals surface area contributed by atoms with Crippen LogP contribution in [0.25, 0.3) is 0 Å². The molecule has 0 spiro atoms. The van der Waals surface area contributed by atoms with Gasteiger partial charge in [-0.05, 0) is 16.7 Å². The molecule has 0 aliphatic carbocycles. The van der Waals surface area contributed by atoms with Crippen molar-refractivity contribution in [3.63, 3.8) is 0 Å². The number of nitrogens with zero attached hydrogens (tertiary/aromatic N) is 1. The van der Waals surface area contributed by atoms with Crippen LogP contribution in [-0.4, -0.2) is 102 Å². The lowest BCUT2D eigenvalue weighted by Gasteiger charge is -2.42. The van der Waals surface area contributed by atoms with Crippen molar-refractivity contribution in [1.29, 1.82) is 0 Å². The van der Waals surface area contributed by atoms with Gasteiger partial charge in [0.2, 0.25) is 18.3 Å². The van der Waals surface area contributed by atoms with Crippen molar-refractivity contribution in [2.24, 2.45) is 0 Å². The van der Waals surface area contributed by atoms with Crippen LogP contribution in [0.15, 0.2) is 103 Å². The number of amides is 3.